The largest absolute Gasteiger partial charge is 0.481 e. The van der Waals surface area contributed by atoms with Gasteiger partial charge in [0.15, 0.2) is 6.61 Å². The molecule has 2 aromatic rings. The molecule has 0 amide bonds. The molecule has 0 unspecified atom stereocenters. The maximum Gasteiger partial charge on any atom is 0.349 e. The molecule has 28 heavy (non-hydrogen) atoms. The first-order valence-electron chi connectivity index (χ1n) is 8.10. The van der Waals surface area contributed by atoms with Crippen molar-refractivity contribution in [2.45, 2.75) is 6.92 Å². The van der Waals surface area contributed by atoms with E-state index in [9.17, 15) is 9.59 Å². The zero-order valence-electron chi connectivity index (χ0n) is 14.8. The van der Waals surface area contributed by atoms with E-state index in [2.05, 4.69) is 15.9 Å². The Balaban J connectivity index is 2.02. The Morgan fingerprint density at radius 2 is 2.04 bits per heavy atom. The smallest absolute Gasteiger partial charge is 0.349 e. The SMILES string of the molecule is CCOC(=O)/C(C#N)=C/c1cccc(OC(=O)COc2ccc(Cl)cc2Br)c1. The van der Waals surface area contributed by atoms with Gasteiger partial charge in [-0.05, 0) is 64.8 Å². The third-order valence-corrected chi connectivity index (χ3v) is 4.11. The highest BCUT2D eigenvalue weighted by Gasteiger charge is 2.11. The first-order valence-corrected chi connectivity index (χ1v) is 9.27. The number of rotatable bonds is 7. The van der Waals surface area contributed by atoms with Crippen LogP contribution in [0.15, 0.2) is 52.5 Å². The van der Waals surface area contributed by atoms with Gasteiger partial charge >= 0.3 is 11.9 Å². The van der Waals surface area contributed by atoms with E-state index >= 15 is 0 Å². The quantitative estimate of drug-likeness (QED) is 0.258. The fraction of sp³-hybridized carbons (Fsp3) is 0.150. The van der Waals surface area contributed by atoms with Crippen LogP contribution in [0.25, 0.3) is 6.08 Å². The molecule has 0 aliphatic rings. The molecule has 2 rings (SSSR count). The van der Waals surface area contributed by atoms with Gasteiger partial charge in [-0.15, -0.1) is 0 Å². The Bertz CT molecular complexity index is 952. The molecule has 0 fully saturated rings. The zero-order valence-corrected chi connectivity index (χ0v) is 17.1. The van der Waals surface area contributed by atoms with Crippen molar-refractivity contribution in [3.63, 3.8) is 0 Å². The molecule has 0 radical (unpaired) electrons. The summed E-state index contributed by atoms with van der Waals surface area (Å²) in [6.45, 7) is 1.50. The van der Waals surface area contributed by atoms with E-state index in [0.717, 1.165) is 0 Å². The molecule has 0 saturated carbocycles. The van der Waals surface area contributed by atoms with Crippen LogP contribution in [-0.4, -0.2) is 25.2 Å². The average molecular weight is 465 g/mol. The number of nitriles is 1. The summed E-state index contributed by atoms with van der Waals surface area (Å²) in [4.78, 5) is 23.7. The highest BCUT2D eigenvalue weighted by Crippen LogP contribution is 2.28. The summed E-state index contributed by atoms with van der Waals surface area (Å²) in [6.07, 6.45) is 1.36. The van der Waals surface area contributed by atoms with Crippen LogP contribution >= 0.6 is 27.5 Å². The number of benzene rings is 2. The highest BCUT2D eigenvalue weighted by atomic mass is 79.9. The van der Waals surface area contributed by atoms with E-state index in [1.807, 2.05) is 0 Å². The van der Waals surface area contributed by atoms with E-state index in [1.54, 1.807) is 49.4 Å². The minimum atomic E-state index is -0.714. The van der Waals surface area contributed by atoms with Crippen LogP contribution in [0.3, 0.4) is 0 Å². The zero-order chi connectivity index (χ0) is 20.5. The predicted molar refractivity (Wildman–Crippen MR) is 107 cm³/mol. The number of halogens is 2. The third kappa shape index (κ3) is 6.41. The lowest BCUT2D eigenvalue weighted by Gasteiger charge is -2.09. The molecule has 0 N–H and O–H groups in total. The lowest BCUT2D eigenvalue weighted by Crippen LogP contribution is -2.17. The van der Waals surface area contributed by atoms with Crippen LogP contribution in [0.2, 0.25) is 5.02 Å². The van der Waals surface area contributed by atoms with E-state index in [-0.39, 0.29) is 24.5 Å². The minimum absolute atomic E-state index is 0.152. The number of carbonyl (C=O) groups is 2. The van der Waals surface area contributed by atoms with Crippen molar-refractivity contribution < 1.29 is 23.8 Å². The normalized spacial score (nSPS) is 10.7. The fourth-order valence-corrected chi connectivity index (χ4v) is 2.87. The Kier molecular flexibility index (Phi) is 8.05. The number of ether oxygens (including phenoxy) is 3. The summed E-state index contributed by atoms with van der Waals surface area (Å²) < 4.78 is 16.1. The number of nitrogens with zero attached hydrogens (tertiary/aromatic N) is 1. The Morgan fingerprint density at radius 3 is 2.71 bits per heavy atom. The molecule has 0 saturated heterocycles. The molecule has 0 spiro atoms. The lowest BCUT2D eigenvalue weighted by atomic mass is 10.1. The Labute approximate surface area is 175 Å². The van der Waals surface area contributed by atoms with Crippen LogP contribution in [0, 0.1) is 11.3 Å². The summed E-state index contributed by atoms with van der Waals surface area (Å²) in [5.74, 6) is -0.631. The molecule has 144 valence electrons. The van der Waals surface area contributed by atoms with Crippen LogP contribution in [0.1, 0.15) is 12.5 Å². The molecule has 0 aliphatic carbocycles. The lowest BCUT2D eigenvalue weighted by molar-refractivity contribution is -0.138. The second kappa shape index (κ2) is 10.5. The number of esters is 2. The molecular weight excluding hydrogens is 450 g/mol. The van der Waals surface area contributed by atoms with Gasteiger partial charge in [0.1, 0.15) is 23.1 Å². The van der Waals surface area contributed by atoms with Crippen LogP contribution in [0.4, 0.5) is 0 Å². The van der Waals surface area contributed by atoms with Gasteiger partial charge in [-0.1, -0.05) is 23.7 Å². The van der Waals surface area contributed by atoms with Crippen LogP contribution in [-0.2, 0) is 14.3 Å². The maximum atomic E-state index is 12.0. The van der Waals surface area contributed by atoms with Crippen molar-refractivity contribution in [2.75, 3.05) is 13.2 Å². The van der Waals surface area contributed by atoms with Gasteiger partial charge in [0.25, 0.3) is 0 Å². The van der Waals surface area contributed by atoms with Crippen LogP contribution in [0.5, 0.6) is 11.5 Å². The van der Waals surface area contributed by atoms with Gasteiger partial charge in [-0.25, -0.2) is 9.59 Å². The van der Waals surface area contributed by atoms with Gasteiger partial charge in [0, 0.05) is 5.02 Å². The molecule has 2 aromatic carbocycles. The molecule has 0 atom stereocenters. The number of carbonyl (C=O) groups excluding carboxylic acids is 2. The Hall–Kier alpha value is -2.82. The van der Waals surface area contributed by atoms with E-state index in [4.69, 9.17) is 31.1 Å². The third-order valence-electron chi connectivity index (χ3n) is 3.26. The van der Waals surface area contributed by atoms with E-state index in [0.29, 0.717) is 20.8 Å². The second-order valence-electron chi connectivity index (χ2n) is 5.30. The molecule has 0 aliphatic heterocycles. The molecule has 0 aromatic heterocycles. The van der Waals surface area contributed by atoms with E-state index < -0.39 is 11.9 Å². The maximum absolute atomic E-state index is 12.0. The van der Waals surface area contributed by atoms with Gasteiger partial charge in [-0.3, -0.25) is 0 Å². The standard InChI is InChI=1S/C20H15BrClNO5/c1-2-26-20(25)14(11-23)8-13-4-3-5-16(9-13)28-19(24)12-27-18-7-6-15(22)10-17(18)21/h3-10H,2,12H2,1H3/b14-8+. The molecule has 6 nitrogen and oxygen atoms in total. The first-order chi connectivity index (χ1) is 13.4. The first kappa shape index (κ1) is 21.5. The summed E-state index contributed by atoms with van der Waals surface area (Å²) in [5.41, 5.74) is 0.359. The van der Waals surface area contributed by atoms with Crippen molar-refractivity contribution in [1.82, 2.24) is 0 Å². The van der Waals surface area contributed by atoms with Gasteiger partial charge in [0.2, 0.25) is 0 Å². The van der Waals surface area contributed by atoms with Crippen LogP contribution < -0.4 is 9.47 Å². The summed E-state index contributed by atoms with van der Waals surface area (Å²) >= 11 is 9.15. The van der Waals surface area contributed by atoms with Gasteiger partial charge in [-0.2, -0.15) is 5.26 Å². The summed E-state index contributed by atoms with van der Waals surface area (Å²) in [6, 6.07) is 13.1. The molecule has 0 bridgehead atoms. The highest BCUT2D eigenvalue weighted by molar-refractivity contribution is 9.10. The van der Waals surface area contributed by atoms with Crippen molar-refractivity contribution in [2.24, 2.45) is 0 Å². The predicted octanol–water partition coefficient (Wildman–Crippen LogP) is 4.56. The molecule has 0 heterocycles. The number of hydrogen-bond acceptors (Lipinski definition) is 6. The summed E-state index contributed by atoms with van der Waals surface area (Å²) in [5, 5.41) is 9.62. The summed E-state index contributed by atoms with van der Waals surface area (Å²) in [7, 11) is 0. The fourth-order valence-electron chi connectivity index (χ4n) is 2.07. The average Bonchev–Trinajstić information content (AvgIpc) is 2.66. The van der Waals surface area contributed by atoms with E-state index in [1.165, 1.54) is 12.1 Å². The van der Waals surface area contributed by atoms with Gasteiger partial charge in [0.05, 0.1) is 11.1 Å². The van der Waals surface area contributed by atoms with Crippen molar-refractivity contribution in [3.05, 3.63) is 63.1 Å². The second-order valence-corrected chi connectivity index (χ2v) is 6.59. The molecule has 8 heteroatoms. The topological polar surface area (TPSA) is 85.6 Å². The van der Waals surface area contributed by atoms with Crippen molar-refractivity contribution in [1.29, 1.82) is 5.26 Å². The monoisotopic (exact) mass is 463 g/mol. The minimum Gasteiger partial charge on any atom is -0.481 e. The molecular formula is C20H15BrClNO5. The van der Waals surface area contributed by atoms with Crippen molar-refractivity contribution >= 4 is 45.5 Å². The Morgan fingerprint density at radius 1 is 1.25 bits per heavy atom. The number of hydrogen-bond donors (Lipinski definition) is 0. The van der Waals surface area contributed by atoms with Gasteiger partial charge < -0.3 is 14.2 Å². The van der Waals surface area contributed by atoms with Crippen molar-refractivity contribution in [3.8, 4) is 17.6 Å².